The molecule has 0 spiro atoms. The zero-order valence-electron chi connectivity index (χ0n) is 27.1. The van der Waals surface area contributed by atoms with Gasteiger partial charge in [-0.3, -0.25) is 0 Å². The van der Waals surface area contributed by atoms with Crippen LogP contribution in [0.5, 0.6) is 0 Å². The first-order valence-electron chi connectivity index (χ1n) is 18.1. The first kappa shape index (κ1) is 37.5. The van der Waals surface area contributed by atoms with Gasteiger partial charge in [0.2, 0.25) is 0 Å². The van der Waals surface area contributed by atoms with Gasteiger partial charge in [0.25, 0.3) is 0 Å². The number of hydrogen-bond acceptors (Lipinski definition) is 1. The zero-order valence-corrected chi connectivity index (χ0v) is 27.1. The molecule has 0 bridgehead atoms. The molecule has 0 aromatic rings. The third-order valence-electron chi connectivity index (χ3n) is 8.93. The number of unbranched alkanes of at least 4 members (excludes halogenated alkanes) is 28. The molecule has 38 heavy (non-hydrogen) atoms. The summed E-state index contributed by atoms with van der Waals surface area (Å²) >= 11 is 0. The van der Waals surface area contributed by atoms with Crippen LogP contribution in [-0.4, -0.2) is 0 Å². The fourth-order valence-corrected chi connectivity index (χ4v) is 6.01. The summed E-state index contributed by atoms with van der Waals surface area (Å²) in [7, 11) is 0. The highest BCUT2D eigenvalue weighted by Crippen LogP contribution is 2.30. The third kappa shape index (κ3) is 28.5. The molecule has 1 nitrogen and oxygen atoms in total. The summed E-state index contributed by atoms with van der Waals surface area (Å²) in [6.07, 6.45) is 44.6. The molecule has 0 N–H and O–H groups in total. The molecule has 1 unspecified atom stereocenters. The maximum Gasteiger partial charge on any atom is 0.0686 e. The van der Waals surface area contributed by atoms with Gasteiger partial charge < -0.3 is 0 Å². The van der Waals surface area contributed by atoms with E-state index in [1.807, 2.05) is 0 Å². The van der Waals surface area contributed by atoms with Crippen LogP contribution in [-0.2, 0) is 0 Å². The van der Waals surface area contributed by atoms with Crippen molar-refractivity contribution in [1.82, 2.24) is 0 Å². The summed E-state index contributed by atoms with van der Waals surface area (Å²) in [6, 6.07) is 2.68. The van der Waals surface area contributed by atoms with Gasteiger partial charge in [-0.25, -0.2) is 0 Å². The lowest BCUT2D eigenvalue weighted by atomic mass is 9.81. The zero-order chi connectivity index (χ0) is 27.8. The van der Waals surface area contributed by atoms with Crippen molar-refractivity contribution < 1.29 is 0 Å². The molecule has 0 aromatic carbocycles. The average molecular weight is 532 g/mol. The van der Waals surface area contributed by atoms with Crippen molar-refractivity contribution in [3.8, 4) is 6.07 Å². The second kappa shape index (κ2) is 31.0. The Morgan fingerprint density at radius 3 is 0.711 bits per heavy atom. The molecule has 1 heteroatoms. The predicted octanol–water partition coefficient (Wildman–Crippen LogP) is 14.0. The molecule has 0 aromatic heterocycles. The minimum atomic E-state index is -0.0763. The van der Waals surface area contributed by atoms with Crippen molar-refractivity contribution in [2.24, 2.45) is 5.41 Å². The Balaban J connectivity index is 3.40. The second-order valence-corrected chi connectivity index (χ2v) is 13.1. The van der Waals surface area contributed by atoms with Crippen LogP contribution >= 0.6 is 0 Å². The highest BCUT2D eigenvalue weighted by Gasteiger charge is 2.22. The van der Waals surface area contributed by atoms with E-state index in [0.29, 0.717) is 0 Å². The van der Waals surface area contributed by atoms with Crippen molar-refractivity contribution in [1.29, 1.82) is 5.26 Å². The lowest BCUT2D eigenvalue weighted by molar-refractivity contribution is 0.338. The number of rotatable bonds is 32. The summed E-state index contributed by atoms with van der Waals surface area (Å²) in [5, 5.41) is 9.76. The van der Waals surface area contributed by atoms with Crippen LogP contribution in [0.1, 0.15) is 226 Å². The van der Waals surface area contributed by atoms with Crippen LogP contribution < -0.4 is 0 Å². The van der Waals surface area contributed by atoms with E-state index in [9.17, 15) is 5.26 Å². The Morgan fingerprint density at radius 2 is 0.526 bits per heavy atom. The molecule has 0 saturated carbocycles. The maximum atomic E-state index is 9.76. The van der Waals surface area contributed by atoms with E-state index in [1.165, 1.54) is 193 Å². The molecule has 226 valence electrons. The van der Waals surface area contributed by atoms with Crippen molar-refractivity contribution in [2.45, 2.75) is 226 Å². The van der Waals surface area contributed by atoms with Gasteiger partial charge in [0.1, 0.15) is 0 Å². The molecule has 0 heterocycles. The van der Waals surface area contributed by atoms with Crippen LogP contribution in [0, 0.1) is 16.7 Å². The predicted molar refractivity (Wildman–Crippen MR) is 173 cm³/mol. The van der Waals surface area contributed by atoms with E-state index in [1.54, 1.807) is 0 Å². The molecule has 1 atom stereocenters. The van der Waals surface area contributed by atoms with Gasteiger partial charge in [-0.2, -0.15) is 5.26 Å². The van der Waals surface area contributed by atoms with Crippen LogP contribution in [0.2, 0.25) is 0 Å². The minimum Gasteiger partial charge on any atom is -0.198 e. The molecule has 0 amide bonds. The summed E-state index contributed by atoms with van der Waals surface area (Å²) in [5.41, 5.74) is -0.0763. The van der Waals surface area contributed by atoms with Gasteiger partial charge in [-0.1, -0.05) is 206 Å². The fourth-order valence-electron chi connectivity index (χ4n) is 6.01. The summed E-state index contributed by atoms with van der Waals surface area (Å²) < 4.78 is 0. The molecular formula is C37H73N. The van der Waals surface area contributed by atoms with Crippen molar-refractivity contribution in [3.05, 3.63) is 0 Å². The smallest absolute Gasteiger partial charge is 0.0686 e. The first-order valence-corrected chi connectivity index (χ1v) is 18.1. The summed E-state index contributed by atoms with van der Waals surface area (Å²) in [6.45, 7) is 6.82. The lowest BCUT2D eigenvalue weighted by Gasteiger charge is -2.21. The first-order chi connectivity index (χ1) is 18.7. The van der Waals surface area contributed by atoms with Gasteiger partial charge in [-0.15, -0.1) is 0 Å². The minimum absolute atomic E-state index is 0.0763. The van der Waals surface area contributed by atoms with Crippen LogP contribution in [0.4, 0.5) is 0 Å². The normalized spacial score (nSPS) is 13.0. The van der Waals surface area contributed by atoms with Crippen molar-refractivity contribution in [2.75, 3.05) is 0 Å². The van der Waals surface area contributed by atoms with Crippen LogP contribution in [0.3, 0.4) is 0 Å². The lowest BCUT2D eigenvalue weighted by Crippen LogP contribution is -2.13. The third-order valence-corrected chi connectivity index (χ3v) is 8.93. The Hall–Kier alpha value is -0.510. The molecule has 0 aliphatic rings. The van der Waals surface area contributed by atoms with E-state index >= 15 is 0 Å². The molecular weight excluding hydrogens is 458 g/mol. The summed E-state index contributed by atoms with van der Waals surface area (Å²) in [4.78, 5) is 0. The van der Waals surface area contributed by atoms with E-state index in [2.05, 4.69) is 26.8 Å². The van der Waals surface area contributed by atoms with Gasteiger partial charge in [0, 0.05) is 0 Å². The Kier molecular flexibility index (Phi) is 30.6. The molecule has 0 aliphatic carbocycles. The van der Waals surface area contributed by atoms with E-state index in [4.69, 9.17) is 0 Å². The Morgan fingerprint density at radius 1 is 0.342 bits per heavy atom. The fraction of sp³-hybridized carbons (Fsp3) is 0.973. The van der Waals surface area contributed by atoms with Gasteiger partial charge in [0.05, 0.1) is 11.5 Å². The SMILES string of the molecule is CCCCCCCCCCCCCCCCCCC(C)(C#N)CCCCCCCCCCCCCCCC. The number of nitriles is 1. The second-order valence-electron chi connectivity index (χ2n) is 13.1. The van der Waals surface area contributed by atoms with Gasteiger partial charge in [0.15, 0.2) is 0 Å². The number of hydrogen-bond donors (Lipinski definition) is 0. The van der Waals surface area contributed by atoms with Crippen LogP contribution in [0.25, 0.3) is 0 Å². The molecule has 0 aliphatic heterocycles. The quantitative estimate of drug-likeness (QED) is 0.0791. The van der Waals surface area contributed by atoms with Gasteiger partial charge >= 0.3 is 0 Å². The maximum absolute atomic E-state index is 9.76. The topological polar surface area (TPSA) is 23.8 Å². The van der Waals surface area contributed by atoms with Crippen molar-refractivity contribution in [3.63, 3.8) is 0 Å². The monoisotopic (exact) mass is 532 g/mol. The van der Waals surface area contributed by atoms with E-state index in [-0.39, 0.29) is 5.41 Å². The highest BCUT2D eigenvalue weighted by atomic mass is 14.3. The molecule has 0 fully saturated rings. The highest BCUT2D eigenvalue weighted by molar-refractivity contribution is 4.95. The molecule has 0 saturated heterocycles. The standard InChI is InChI=1S/C37H73N/c1-4-6-8-10-12-14-16-18-20-21-23-25-27-29-31-33-35-37(3,36-38)34-32-30-28-26-24-22-19-17-15-13-11-9-7-5-2/h4-35H2,1-3H3. The Bertz CT molecular complexity index is 478. The van der Waals surface area contributed by atoms with Crippen molar-refractivity contribution >= 4 is 0 Å². The summed E-state index contributed by atoms with van der Waals surface area (Å²) in [5.74, 6) is 0. The largest absolute Gasteiger partial charge is 0.198 e. The Labute approximate surface area is 242 Å². The van der Waals surface area contributed by atoms with E-state index < -0.39 is 0 Å². The number of nitrogens with zero attached hydrogens (tertiary/aromatic N) is 1. The van der Waals surface area contributed by atoms with E-state index in [0.717, 1.165) is 12.8 Å². The van der Waals surface area contributed by atoms with Crippen LogP contribution in [0.15, 0.2) is 0 Å². The average Bonchev–Trinajstić information content (AvgIpc) is 2.93. The molecule has 0 radical (unpaired) electrons. The van der Waals surface area contributed by atoms with Gasteiger partial charge in [-0.05, 0) is 19.8 Å². The molecule has 0 rings (SSSR count).